The van der Waals surface area contributed by atoms with E-state index in [1.165, 1.54) is 27.0 Å². The topological polar surface area (TPSA) is 64.7 Å². The predicted octanol–water partition coefficient (Wildman–Crippen LogP) is 11.4. The molecule has 0 atom stereocenters. The smallest absolute Gasteiger partial charge is 0.164 e. The summed E-state index contributed by atoms with van der Waals surface area (Å²) in [5.41, 5.74) is 14.7. The third-order valence-electron chi connectivity index (χ3n) is 9.91. The number of rotatable bonds is 4. The van der Waals surface area contributed by atoms with E-state index >= 15 is 0 Å². The Bertz CT molecular complexity index is 2690. The molecule has 0 N–H and O–H groups in total. The van der Waals surface area contributed by atoms with Gasteiger partial charge in [-0.2, -0.15) is 0 Å². The van der Waals surface area contributed by atoms with Crippen LogP contribution in [-0.2, 0) is 5.41 Å². The molecular formula is C43H28N4OS. The van der Waals surface area contributed by atoms with E-state index in [1.54, 1.807) is 11.3 Å². The molecule has 1 aliphatic carbocycles. The van der Waals surface area contributed by atoms with Crippen molar-refractivity contribution in [3.05, 3.63) is 144 Å². The quantitative estimate of drug-likeness (QED) is 0.190. The molecule has 0 unspecified atom stereocenters. The van der Waals surface area contributed by atoms with E-state index in [0.717, 1.165) is 55.3 Å². The van der Waals surface area contributed by atoms with Crippen molar-refractivity contribution in [2.24, 2.45) is 0 Å². The van der Waals surface area contributed by atoms with E-state index in [4.69, 9.17) is 19.4 Å². The summed E-state index contributed by atoms with van der Waals surface area (Å²) in [4.78, 5) is 19.7. The third kappa shape index (κ3) is 4.24. The van der Waals surface area contributed by atoms with Gasteiger partial charge in [-0.3, -0.25) is 0 Å². The fourth-order valence-corrected chi connectivity index (χ4v) is 8.35. The average molecular weight is 649 g/mol. The lowest BCUT2D eigenvalue weighted by atomic mass is 9.82. The van der Waals surface area contributed by atoms with Gasteiger partial charge < -0.3 is 4.42 Å². The maximum atomic E-state index is 6.74. The Hall–Kier alpha value is -5.98. The first-order chi connectivity index (χ1) is 24.0. The minimum Gasteiger partial charge on any atom is -0.455 e. The van der Waals surface area contributed by atoms with Gasteiger partial charge in [-0.15, -0.1) is 11.3 Å². The summed E-state index contributed by atoms with van der Waals surface area (Å²) >= 11 is 1.71. The summed E-state index contributed by atoms with van der Waals surface area (Å²) < 4.78 is 7.98. The normalized spacial score (nSPS) is 13.3. The number of furan rings is 1. The number of hydrogen-bond acceptors (Lipinski definition) is 6. The fraction of sp³-hybridized carbons (Fsp3) is 0.0698. The van der Waals surface area contributed by atoms with Crippen LogP contribution in [-0.4, -0.2) is 19.9 Å². The number of para-hydroxylation sites is 1. The first kappa shape index (κ1) is 28.1. The molecule has 0 amide bonds. The van der Waals surface area contributed by atoms with Crippen molar-refractivity contribution in [1.29, 1.82) is 0 Å². The number of hydrogen-bond donors (Lipinski definition) is 0. The zero-order valence-corrected chi connectivity index (χ0v) is 27.6. The Morgan fingerprint density at radius 3 is 1.98 bits per heavy atom. The van der Waals surface area contributed by atoms with Gasteiger partial charge >= 0.3 is 0 Å². The van der Waals surface area contributed by atoms with Crippen LogP contribution in [0.25, 0.3) is 88.6 Å². The summed E-state index contributed by atoms with van der Waals surface area (Å²) in [7, 11) is 0. The standard InChI is InChI=1S/C43H28N4OS/c1-43(2)32-20-17-27(23-31(32)37-33(43)21-22-34-39(37)49-24-44-34)28-18-19-30(36-29-15-9-10-16-35(29)48-38(28)36)42-46-40(25-11-5-3-6-12-25)45-41(47-42)26-13-7-4-8-14-26/h3-24H,1-2H3. The number of thiazole rings is 1. The van der Waals surface area contributed by atoms with E-state index in [1.807, 2.05) is 78.3 Å². The Morgan fingerprint density at radius 1 is 0.571 bits per heavy atom. The molecule has 5 nitrogen and oxygen atoms in total. The first-order valence-electron chi connectivity index (χ1n) is 16.4. The van der Waals surface area contributed by atoms with Crippen LogP contribution in [0.5, 0.6) is 0 Å². The maximum Gasteiger partial charge on any atom is 0.164 e. The van der Waals surface area contributed by atoms with Gasteiger partial charge in [-0.25, -0.2) is 19.9 Å². The van der Waals surface area contributed by atoms with Crippen LogP contribution >= 0.6 is 11.3 Å². The number of fused-ring (bicyclic) bond motifs is 8. The van der Waals surface area contributed by atoms with Crippen molar-refractivity contribution in [1.82, 2.24) is 19.9 Å². The molecule has 1 aliphatic rings. The summed E-state index contributed by atoms with van der Waals surface area (Å²) in [6.07, 6.45) is 0. The molecule has 10 rings (SSSR count). The molecule has 9 aromatic rings. The van der Waals surface area contributed by atoms with Gasteiger partial charge in [0.1, 0.15) is 11.2 Å². The minimum absolute atomic E-state index is 0.106. The van der Waals surface area contributed by atoms with Gasteiger partial charge in [-0.05, 0) is 52.6 Å². The van der Waals surface area contributed by atoms with Crippen LogP contribution in [0.15, 0.2) is 137 Å². The molecule has 49 heavy (non-hydrogen) atoms. The Labute approximate surface area is 286 Å². The van der Waals surface area contributed by atoms with Crippen molar-refractivity contribution in [2.75, 3.05) is 0 Å². The molecule has 0 spiro atoms. The number of nitrogens with zero attached hydrogens (tertiary/aromatic N) is 4. The second-order valence-electron chi connectivity index (χ2n) is 13.1. The Kier molecular flexibility index (Phi) is 6.02. The average Bonchev–Trinajstić information content (AvgIpc) is 3.85. The van der Waals surface area contributed by atoms with Gasteiger partial charge in [0, 0.05) is 44.0 Å². The van der Waals surface area contributed by atoms with E-state index < -0.39 is 0 Å². The van der Waals surface area contributed by atoms with Crippen LogP contribution < -0.4 is 0 Å². The van der Waals surface area contributed by atoms with Crippen molar-refractivity contribution in [3.8, 4) is 56.4 Å². The molecule has 3 heterocycles. The predicted molar refractivity (Wildman–Crippen MR) is 200 cm³/mol. The lowest BCUT2D eigenvalue weighted by Gasteiger charge is -2.21. The van der Waals surface area contributed by atoms with E-state index in [2.05, 4.69) is 73.4 Å². The van der Waals surface area contributed by atoms with Gasteiger partial charge in [0.15, 0.2) is 17.5 Å². The number of benzene rings is 6. The molecule has 0 bridgehead atoms. The first-order valence-corrected chi connectivity index (χ1v) is 17.3. The van der Waals surface area contributed by atoms with Crippen LogP contribution in [0.3, 0.4) is 0 Å². The van der Waals surface area contributed by atoms with Gasteiger partial charge in [0.25, 0.3) is 0 Å². The van der Waals surface area contributed by atoms with Crippen molar-refractivity contribution in [2.45, 2.75) is 19.3 Å². The van der Waals surface area contributed by atoms with Crippen LogP contribution in [0.2, 0.25) is 0 Å². The van der Waals surface area contributed by atoms with E-state index in [-0.39, 0.29) is 5.41 Å². The van der Waals surface area contributed by atoms with Gasteiger partial charge in [0.05, 0.1) is 15.7 Å². The van der Waals surface area contributed by atoms with Gasteiger partial charge in [-0.1, -0.05) is 111 Å². The molecule has 0 radical (unpaired) electrons. The zero-order valence-electron chi connectivity index (χ0n) is 26.8. The largest absolute Gasteiger partial charge is 0.455 e. The Morgan fingerprint density at radius 2 is 1.22 bits per heavy atom. The van der Waals surface area contributed by atoms with Crippen molar-refractivity contribution in [3.63, 3.8) is 0 Å². The summed E-state index contributed by atoms with van der Waals surface area (Å²) in [6, 6.07) is 44.0. The lowest BCUT2D eigenvalue weighted by Crippen LogP contribution is -2.14. The molecular weight excluding hydrogens is 621 g/mol. The van der Waals surface area contributed by atoms with Gasteiger partial charge in [0.2, 0.25) is 0 Å². The highest BCUT2D eigenvalue weighted by atomic mass is 32.1. The second-order valence-corrected chi connectivity index (χ2v) is 13.9. The third-order valence-corrected chi connectivity index (χ3v) is 10.8. The minimum atomic E-state index is -0.106. The summed E-state index contributed by atoms with van der Waals surface area (Å²) in [6.45, 7) is 4.64. The molecule has 0 saturated carbocycles. The molecule has 0 saturated heterocycles. The highest BCUT2D eigenvalue weighted by Gasteiger charge is 2.37. The van der Waals surface area contributed by atoms with Crippen LogP contribution in [0.4, 0.5) is 0 Å². The van der Waals surface area contributed by atoms with E-state index in [0.29, 0.717) is 17.5 Å². The lowest BCUT2D eigenvalue weighted by molar-refractivity contribution is 0.661. The van der Waals surface area contributed by atoms with Crippen LogP contribution in [0, 0.1) is 0 Å². The molecule has 3 aromatic heterocycles. The molecule has 6 aromatic carbocycles. The number of aromatic nitrogens is 4. The van der Waals surface area contributed by atoms with Crippen molar-refractivity contribution < 1.29 is 4.42 Å². The highest BCUT2D eigenvalue weighted by Crippen LogP contribution is 2.53. The summed E-state index contributed by atoms with van der Waals surface area (Å²) in [5, 5.41) is 2.01. The highest BCUT2D eigenvalue weighted by molar-refractivity contribution is 7.17. The molecule has 0 fully saturated rings. The maximum absolute atomic E-state index is 6.74. The van der Waals surface area contributed by atoms with Crippen LogP contribution in [0.1, 0.15) is 25.0 Å². The SMILES string of the molecule is CC1(C)c2ccc(-c3ccc(-c4nc(-c5ccccc5)nc(-c5ccccc5)n4)c4c3oc3ccccc34)cc2-c2c1ccc1ncsc21. The van der Waals surface area contributed by atoms with E-state index in [9.17, 15) is 0 Å². The summed E-state index contributed by atoms with van der Waals surface area (Å²) in [5.74, 6) is 1.86. The van der Waals surface area contributed by atoms with Crippen molar-refractivity contribution >= 4 is 43.5 Å². The monoisotopic (exact) mass is 648 g/mol. The zero-order chi connectivity index (χ0) is 32.7. The fourth-order valence-electron chi connectivity index (χ4n) is 7.50. The molecule has 6 heteroatoms. The Balaban J connectivity index is 1.22. The second kappa shape index (κ2) is 10.5. The molecule has 0 aliphatic heterocycles. The molecule has 232 valence electrons.